The number of likely N-dealkylation sites (tertiary alicyclic amines) is 1. The second kappa shape index (κ2) is 6.01. The third kappa shape index (κ3) is 3.24. The topological polar surface area (TPSA) is 57.7 Å². The van der Waals surface area contributed by atoms with Gasteiger partial charge in [0, 0.05) is 30.8 Å². The average Bonchev–Trinajstić information content (AvgIpc) is 3.06. The highest BCUT2D eigenvalue weighted by atomic mass is 32.1. The van der Waals surface area contributed by atoms with Gasteiger partial charge in [-0.05, 0) is 33.2 Å². The van der Waals surface area contributed by atoms with Gasteiger partial charge in [0.15, 0.2) is 5.82 Å². The fraction of sp³-hybridized carbons (Fsp3) is 0.643. The second-order valence-electron chi connectivity index (χ2n) is 5.53. The van der Waals surface area contributed by atoms with E-state index in [1.54, 1.807) is 11.3 Å². The molecule has 6 heteroatoms. The summed E-state index contributed by atoms with van der Waals surface area (Å²) < 4.78 is 0. The molecule has 0 radical (unpaired) electrons. The van der Waals surface area contributed by atoms with Gasteiger partial charge in [-0.3, -0.25) is 5.10 Å². The van der Waals surface area contributed by atoms with E-state index in [-0.39, 0.29) is 0 Å². The van der Waals surface area contributed by atoms with Gasteiger partial charge in [0.1, 0.15) is 5.82 Å². The van der Waals surface area contributed by atoms with Crippen LogP contribution in [-0.2, 0) is 6.42 Å². The molecule has 0 spiro atoms. The number of rotatable bonds is 4. The Bertz CT molecular complexity index is 561. The molecule has 5 nitrogen and oxygen atoms in total. The van der Waals surface area contributed by atoms with Crippen LogP contribution in [0.5, 0.6) is 0 Å². The molecule has 0 aliphatic carbocycles. The van der Waals surface area contributed by atoms with Gasteiger partial charge in [0.05, 0.1) is 10.7 Å². The molecule has 1 N–H and O–H groups in total. The summed E-state index contributed by atoms with van der Waals surface area (Å²) in [5.74, 6) is 2.37. The highest BCUT2D eigenvalue weighted by Gasteiger charge is 2.24. The van der Waals surface area contributed by atoms with Crippen molar-refractivity contribution < 1.29 is 0 Å². The van der Waals surface area contributed by atoms with Crippen LogP contribution in [0.4, 0.5) is 0 Å². The fourth-order valence-corrected chi connectivity index (χ4v) is 3.45. The molecule has 108 valence electrons. The van der Waals surface area contributed by atoms with E-state index in [0.717, 1.165) is 36.2 Å². The van der Waals surface area contributed by atoms with Gasteiger partial charge in [-0.15, -0.1) is 11.3 Å². The van der Waals surface area contributed by atoms with Crippen LogP contribution in [-0.4, -0.2) is 44.7 Å². The zero-order valence-corrected chi connectivity index (χ0v) is 12.9. The van der Waals surface area contributed by atoms with Crippen molar-refractivity contribution in [2.75, 3.05) is 19.6 Å². The molecule has 1 fully saturated rings. The first kappa shape index (κ1) is 13.7. The third-order valence-corrected chi connectivity index (χ3v) is 4.66. The number of thiazole rings is 1. The van der Waals surface area contributed by atoms with E-state index in [4.69, 9.17) is 0 Å². The van der Waals surface area contributed by atoms with E-state index in [9.17, 15) is 0 Å². The van der Waals surface area contributed by atoms with E-state index in [1.165, 1.54) is 25.1 Å². The highest BCUT2D eigenvalue weighted by molar-refractivity contribution is 7.09. The Morgan fingerprint density at radius 2 is 2.30 bits per heavy atom. The lowest BCUT2D eigenvalue weighted by atomic mass is 9.97. The van der Waals surface area contributed by atoms with Crippen molar-refractivity contribution in [2.45, 2.75) is 39.0 Å². The number of piperidine rings is 1. The van der Waals surface area contributed by atoms with Gasteiger partial charge in [-0.25, -0.2) is 9.97 Å². The van der Waals surface area contributed by atoms with Gasteiger partial charge in [-0.2, -0.15) is 5.10 Å². The minimum Gasteiger partial charge on any atom is -0.302 e. The molecule has 1 aliphatic rings. The van der Waals surface area contributed by atoms with Crippen LogP contribution in [0.15, 0.2) is 5.38 Å². The van der Waals surface area contributed by atoms with E-state index in [1.807, 2.05) is 6.92 Å². The predicted octanol–water partition coefficient (Wildman–Crippen LogP) is 2.30. The van der Waals surface area contributed by atoms with Crippen molar-refractivity contribution in [3.8, 4) is 0 Å². The van der Waals surface area contributed by atoms with E-state index >= 15 is 0 Å². The lowest BCUT2D eigenvalue weighted by molar-refractivity contribution is 0.206. The molecule has 0 aromatic carbocycles. The smallest absolute Gasteiger partial charge is 0.155 e. The van der Waals surface area contributed by atoms with Crippen molar-refractivity contribution in [2.24, 2.45) is 0 Å². The van der Waals surface area contributed by atoms with Crippen molar-refractivity contribution in [3.05, 3.63) is 27.7 Å². The summed E-state index contributed by atoms with van der Waals surface area (Å²) in [4.78, 5) is 11.5. The molecule has 1 saturated heterocycles. The first-order valence-electron chi connectivity index (χ1n) is 7.23. The zero-order chi connectivity index (χ0) is 13.9. The first-order chi connectivity index (χ1) is 9.70. The Hall–Kier alpha value is -1.27. The molecule has 0 saturated carbocycles. The average molecular weight is 291 g/mol. The molecular formula is C14H21N5S. The quantitative estimate of drug-likeness (QED) is 0.939. The van der Waals surface area contributed by atoms with Gasteiger partial charge < -0.3 is 4.90 Å². The molecule has 20 heavy (non-hydrogen) atoms. The molecular weight excluding hydrogens is 270 g/mol. The maximum atomic E-state index is 4.54. The number of hydrogen-bond acceptors (Lipinski definition) is 5. The van der Waals surface area contributed by atoms with Crippen molar-refractivity contribution in [3.63, 3.8) is 0 Å². The minimum absolute atomic E-state index is 0.478. The summed E-state index contributed by atoms with van der Waals surface area (Å²) in [6.07, 6.45) is 3.47. The van der Waals surface area contributed by atoms with Crippen LogP contribution in [0.1, 0.15) is 41.1 Å². The first-order valence-corrected chi connectivity index (χ1v) is 8.11. The van der Waals surface area contributed by atoms with Crippen molar-refractivity contribution >= 4 is 11.3 Å². The maximum absolute atomic E-state index is 4.54. The van der Waals surface area contributed by atoms with Crippen LogP contribution >= 0.6 is 11.3 Å². The third-order valence-electron chi connectivity index (χ3n) is 3.84. The Balaban J connectivity index is 1.55. The van der Waals surface area contributed by atoms with E-state index < -0.39 is 0 Å². The monoisotopic (exact) mass is 291 g/mol. The van der Waals surface area contributed by atoms with Crippen molar-refractivity contribution in [1.82, 2.24) is 25.1 Å². The van der Waals surface area contributed by atoms with Crippen LogP contribution < -0.4 is 0 Å². The molecule has 1 unspecified atom stereocenters. The number of aromatic nitrogens is 4. The number of nitrogens with zero attached hydrogens (tertiary/aromatic N) is 4. The lowest BCUT2D eigenvalue weighted by Gasteiger charge is -2.31. The summed E-state index contributed by atoms with van der Waals surface area (Å²) in [6, 6.07) is 0. The van der Waals surface area contributed by atoms with E-state index in [2.05, 4.69) is 37.4 Å². The number of hydrogen-bond donors (Lipinski definition) is 1. The number of H-pyrrole nitrogens is 1. The summed E-state index contributed by atoms with van der Waals surface area (Å²) in [5.41, 5.74) is 1.23. The number of aryl methyl sites for hydroxylation is 2. The van der Waals surface area contributed by atoms with Crippen LogP contribution in [0.2, 0.25) is 0 Å². The number of aromatic amines is 1. The van der Waals surface area contributed by atoms with Crippen LogP contribution in [0.3, 0.4) is 0 Å². The fourth-order valence-electron chi connectivity index (χ4n) is 2.81. The SMILES string of the molecule is Cc1nc(C2CCCN(CCc3csc(C)n3)C2)n[nH]1. The summed E-state index contributed by atoms with van der Waals surface area (Å²) >= 11 is 1.74. The molecule has 1 atom stereocenters. The highest BCUT2D eigenvalue weighted by Crippen LogP contribution is 2.24. The summed E-state index contributed by atoms with van der Waals surface area (Å²) in [6.45, 7) is 7.37. The van der Waals surface area contributed by atoms with Crippen LogP contribution in [0.25, 0.3) is 0 Å². The predicted molar refractivity (Wildman–Crippen MR) is 80.1 cm³/mol. The summed E-state index contributed by atoms with van der Waals surface area (Å²) in [7, 11) is 0. The van der Waals surface area contributed by atoms with Crippen molar-refractivity contribution in [1.29, 1.82) is 0 Å². The molecule has 0 amide bonds. The second-order valence-corrected chi connectivity index (χ2v) is 6.59. The number of nitrogens with one attached hydrogen (secondary N) is 1. The lowest BCUT2D eigenvalue weighted by Crippen LogP contribution is -2.36. The standard InChI is InChI=1S/C14H21N5S/c1-10-15-14(18-17-10)12-4-3-6-19(8-12)7-5-13-9-20-11(2)16-13/h9,12H,3-8H2,1-2H3,(H,15,17,18). The summed E-state index contributed by atoms with van der Waals surface area (Å²) in [5, 5.41) is 10.6. The Labute approximate surface area is 123 Å². The molecule has 0 bridgehead atoms. The minimum atomic E-state index is 0.478. The molecule has 1 aliphatic heterocycles. The van der Waals surface area contributed by atoms with Crippen LogP contribution in [0, 0.1) is 13.8 Å². The molecule has 2 aromatic heterocycles. The van der Waals surface area contributed by atoms with Gasteiger partial charge in [0.25, 0.3) is 0 Å². The molecule has 2 aromatic rings. The molecule has 3 rings (SSSR count). The normalized spacial score (nSPS) is 20.4. The molecule has 3 heterocycles. The van der Waals surface area contributed by atoms with E-state index in [0.29, 0.717) is 5.92 Å². The Morgan fingerprint density at radius 1 is 1.40 bits per heavy atom. The van der Waals surface area contributed by atoms with Gasteiger partial charge >= 0.3 is 0 Å². The van der Waals surface area contributed by atoms with Gasteiger partial charge in [-0.1, -0.05) is 0 Å². The Morgan fingerprint density at radius 3 is 3.00 bits per heavy atom. The largest absolute Gasteiger partial charge is 0.302 e. The Kier molecular flexibility index (Phi) is 4.12. The zero-order valence-electron chi connectivity index (χ0n) is 12.1. The van der Waals surface area contributed by atoms with Gasteiger partial charge in [0.2, 0.25) is 0 Å². The maximum Gasteiger partial charge on any atom is 0.155 e.